The zero-order valence-electron chi connectivity index (χ0n) is 20.0. The smallest absolute Gasteiger partial charge is 0.388 e. The third-order valence-electron chi connectivity index (χ3n) is 5.22. The summed E-state index contributed by atoms with van der Waals surface area (Å²) in [7, 11) is 0. The van der Waals surface area contributed by atoms with Crippen LogP contribution < -0.4 is 14.8 Å². The summed E-state index contributed by atoms with van der Waals surface area (Å²) in [6.45, 7) is 3.49. The molecule has 0 aromatic carbocycles. The van der Waals surface area contributed by atoms with Crippen molar-refractivity contribution in [2.45, 2.75) is 34.3 Å². The Morgan fingerprint density at radius 3 is 2.64 bits per heavy atom. The Kier molecular flexibility index (Phi) is 6.69. The largest absolute Gasteiger partial charge is 0.490 e. The number of aromatic nitrogens is 5. The molecule has 4 rings (SSSR count). The fourth-order valence-electron chi connectivity index (χ4n) is 3.38. The van der Waals surface area contributed by atoms with Gasteiger partial charge in [0, 0.05) is 35.7 Å². The lowest BCUT2D eigenvalue weighted by molar-refractivity contribution is -0.148. The fourth-order valence-corrected chi connectivity index (χ4v) is 3.38. The average molecular weight is 498 g/mol. The third kappa shape index (κ3) is 5.65. The van der Waals surface area contributed by atoms with E-state index < -0.39 is 18.0 Å². The number of ether oxygens (including phenoxy) is 2. The second kappa shape index (κ2) is 9.72. The number of hydrogen-bond donors (Lipinski definition) is 2. The van der Waals surface area contributed by atoms with E-state index in [1.165, 1.54) is 26.1 Å². The lowest BCUT2D eigenvalue weighted by Gasteiger charge is -2.21. The second-order valence-corrected chi connectivity index (χ2v) is 8.76. The number of nitrogens with one attached hydrogen (secondary N) is 1. The van der Waals surface area contributed by atoms with Gasteiger partial charge in [0.25, 0.3) is 0 Å². The molecule has 0 amide bonds. The van der Waals surface area contributed by atoms with Gasteiger partial charge in [0.2, 0.25) is 5.88 Å². The number of fused-ring (bicyclic) bond motifs is 1. The van der Waals surface area contributed by atoms with E-state index in [1.54, 1.807) is 41.9 Å². The van der Waals surface area contributed by atoms with Gasteiger partial charge in [-0.2, -0.15) is 13.9 Å². The first-order valence-electron chi connectivity index (χ1n) is 10.9. The molecule has 36 heavy (non-hydrogen) atoms. The Morgan fingerprint density at radius 1 is 1.17 bits per heavy atom. The van der Waals surface area contributed by atoms with Crippen LogP contribution in [-0.2, 0) is 4.79 Å². The number of nitrogens with zero attached hydrogens (tertiary/aromatic N) is 5. The van der Waals surface area contributed by atoms with Crippen molar-refractivity contribution >= 4 is 23.1 Å². The lowest BCUT2D eigenvalue weighted by Crippen LogP contribution is -2.30. The first-order chi connectivity index (χ1) is 17.0. The number of pyridine rings is 2. The van der Waals surface area contributed by atoms with E-state index in [0.29, 0.717) is 34.1 Å². The van der Waals surface area contributed by atoms with Crippen molar-refractivity contribution in [2.24, 2.45) is 5.41 Å². The van der Waals surface area contributed by atoms with Crippen LogP contribution in [0.5, 0.6) is 11.6 Å². The Balaban J connectivity index is 1.68. The van der Waals surface area contributed by atoms with Gasteiger partial charge in [-0.1, -0.05) is 0 Å². The minimum atomic E-state index is -3.05. The van der Waals surface area contributed by atoms with Crippen LogP contribution in [0, 0.1) is 19.3 Å². The zero-order valence-corrected chi connectivity index (χ0v) is 20.0. The highest BCUT2D eigenvalue weighted by Crippen LogP contribution is 2.34. The van der Waals surface area contributed by atoms with Crippen molar-refractivity contribution in [3.05, 3.63) is 54.2 Å². The van der Waals surface area contributed by atoms with E-state index in [9.17, 15) is 18.7 Å². The Bertz CT molecular complexity index is 1400. The maximum Gasteiger partial charge on any atom is 0.388 e. The fraction of sp³-hybridized carbons (Fsp3) is 0.292. The number of carboxylic acid groups (broad SMARTS) is 1. The molecular weight excluding hydrogens is 474 g/mol. The topological polar surface area (TPSA) is 124 Å². The average Bonchev–Trinajstić information content (AvgIpc) is 3.18. The summed E-state index contributed by atoms with van der Waals surface area (Å²) >= 11 is 0. The van der Waals surface area contributed by atoms with Gasteiger partial charge in [-0.3, -0.25) is 4.79 Å². The molecule has 4 aromatic rings. The number of hydrogen-bond acceptors (Lipinski definition) is 8. The summed E-state index contributed by atoms with van der Waals surface area (Å²) in [5, 5.41) is 17.0. The van der Waals surface area contributed by atoms with Crippen molar-refractivity contribution in [2.75, 3.05) is 11.9 Å². The molecule has 0 aliphatic carbocycles. The summed E-state index contributed by atoms with van der Waals surface area (Å²) in [5.74, 6) is 0.658. The van der Waals surface area contributed by atoms with Crippen LogP contribution in [0.1, 0.15) is 25.4 Å². The van der Waals surface area contributed by atoms with Gasteiger partial charge in [-0.15, -0.1) is 0 Å². The maximum atomic E-state index is 12.8. The molecule has 0 atom stereocenters. The predicted octanol–water partition coefficient (Wildman–Crippen LogP) is 4.64. The van der Waals surface area contributed by atoms with E-state index in [2.05, 4.69) is 30.1 Å². The first-order valence-corrected chi connectivity index (χ1v) is 10.9. The van der Waals surface area contributed by atoms with Crippen LogP contribution in [0.3, 0.4) is 0 Å². The Labute approximate surface area is 204 Å². The van der Waals surface area contributed by atoms with Crippen LogP contribution in [0.15, 0.2) is 42.7 Å². The molecule has 0 saturated carbocycles. The highest BCUT2D eigenvalue weighted by atomic mass is 19.3. The first kappa shape index (κ1) is 24.8. The summed E-state index contributed by atoms with van der Waals surface area (Å²) < 4.78 is 37.5. The number of anilines is 2. The molecule has 0 fully saturated rings. The monoisotopic (exact) mass is 498 g/mol. The number of carbonyl (C=O) groups is 1. The normalized spacial score (nSPS) is 11.6. The van der Waals surface area contributed by atoms with Crippen molar-refractivity contribution in [1.82, 2.24) is 24.6 Å². The number of aryl methyl sites for hydroxylation is 2. The number of carboxylic acids is 1. The van der Waals surface area contributed by atoms with Gasteiger partial charge in [0.05, 0.1) is 17.1 Å². The molecule has 0 bridgehead atoms. The van der Waals surface area contributed by atoms with Crippen LogP contribution in [0.2, 0.25) is 0 Å². The SMILES string of the molecule is Cc1cc(Nc2cc3cc(-c4cc(OC(F)F)ncc4OCC(C)(C)C(=O)O)ccn3n2)nc(C)n1. The third-order valence-corrected chi connectivity index (χ3v) is 5.22. The van der Waals surface area contributed by atoms with E-state index >= 15 is 0 Å². The van der Waals surface area contributed by atoms with E-state index in [0.717, 1.165) is 5.69 Å². The molecule has 0 saturated heterocycles. The number of alkyl halides is 2. The van der Waals surface area contributed by atoms with Gasteiger partial charge in [-0.25, -0.2) is 19.5 Å². The van der Waals surface area contributed by atoms with Crippen molar-refractivity contribution < 1.29 is 28.2 Å². The van der Waals surface area contributed by atoms with Crippen molar-refractivity contribution in [3.63, 3.8) is 0 Å². The summed E-state index contributed by atoms with van der Waals surface area (Å²) in [4.78, 5) is 23.9. The number of rotatable bonds is 9. The van der Waals surface area contributed by atoms with Gasteiger partial charge in [0.15, 0.2) is 5.82 Å². The van der Waals surface area contributed by atoms with Crippen LogP contribution in [-0.4, -0.2) is 48.9 Å². The molecule has 4 heterocycles. The molecule has 12 heteroatoms. The van der Waals surface area contributed by atoms with Crippen molar-refractivity contribution in [3.8, 4) is 22.8 Å². The lowest BCUT2D eigenvalue weighted by atomic mass is 9.95. The quantitative estimate of drug-likeness (QED) is 0.340. The Hall–Kier alpha value is -4.35. The summed E-state index contributed by atoms with van der Waals surface area (Å²) in [6.07, 6.45) is 2.93. The highest BCUT2D eigenvalue weighted by Gasteiger charge is 2.29. The van der Waals surface area contributed by atoms with Crippen LogP contribution in [0.25, 0.3) is 16.6 Å². The van der Waals surface area contributed by atoms with Crippen LogP contribution >= 0.6 is 0 Å². The number of aliphatic carboxylic acids is 1. The van der Waals surface area contributed by atoms with Gasteiger partial charge >= 0.3 is 12.6 Å². The van der Waals surface area contributed by atoms with E-state index in [4.69, 9.17) is 4.74 Å². The minimum Gasteiger partial charge on any atom is -0.490 e. The van der Waals surface area contributed by atoms with Gasteiger partial charge in [-0.05, 0) is 45.4 Å². The highest BCUT2D eigenvalue weighted by molar-refractivity contribution is 5.76. The maximum absolute atomic E-state index is 12.8. The second-order valence-electron chi connectivity index (χ2n) is 8.76. The molecule has 0 radical (unpaired) electrons. The summed E-state index contributed by atoms with van der Waals surface area (Å²) in [5.41, 5.74) is 1.34. The summed E-state index contributed by atoms with van der Waals surface area (Å²) in [6, 6.07) is 8.42. The molecule has 0 unspecified atom stereocenters. The molecular formula is C24H24F2N6O4. The van der Waals surface area contributed by atoms with Crippen LogP contribution in [0.4, 0.5) is 20.4 Å². The molecule has 4 aromatic heterocycles. The molecule has 188 valence electrons. The van der Waals surface area contributed by atoms with Gasteiger partial charge in [0.1, 0.15) is 24.0 Å². The van der Waals surface area contributed by atoms with E-state index in [-0.39, 0.29) is 18.2 Å². The number of halogens is 2. The van der Waals surface area contributed by atoms with E-state index in [1.807, 2.05) is 6.92 Å². The molecule has 0 aliphatic heterocycles. The standard InChI is InChI=1S/C24H24F2N6O4/c1-13-7-19(29-14(2)28-13)30-20-9-16-8-15(5-6-32(16)31-20)17-10-21(36-23(25)26)27-11-18(17)35-12-24(3,4)22(33)34/h5-11,23H,12H2,1-4H3,(H,33,34)(H,28,29,30,31). The molecule has 2 N–H and O–H groups in total. The van der Waals surface area contributed by atoms with Crippen molar-refractivity contribution in [1.29, 1.82) is 0 Å². The minimum absolute atomic E-state index is 0.160. The molecule has 0 spiro atoms. The molecule has 0 aliphatic rings. The predicted molar refractivity (Wildman–Crippen MR) is 127 cm³/mol. The zero-order chi connectivity index (χ0) is 26.0. The van der Waals surface area contributed by atoms with Gasteiger partial charge < -0.3 is 19.9 Å². The molecule has 10 nitrogen and oxygen atoms in total. The Morgan fingerprint density at radius 2 is 1.94 bits per heavy atom.